The smallest absolute Gasteiger partial charge is 0.263 e. The Morgan fingerprint density at radius 1 is 1.27 bits per heavy atom. The van der Waals surface area contributed by atoms with Crippen LogP contribution in [0.1, 0.15) is 19.3 Å². The molecule has 2 fully saturated rings. The standard InChI is InChI=1S/C21H27F2N3O3S/c1-26-5-2-13(17(23)10-26)11-29-14-8-16(22)20-18(9-14)24-19(25-21(20)27)12-30-15-3-6-28-7-4-15/h8-9,13,15,17,20H,2-7,10-12H2,1H3/t13-,17-,20?/m0/s1. The Balaban J connectivity index is 1.39. The van der Waals surface area contributed by atoms with E-state index < -0.39 is 23.8 Å². The van der Waals surface area contributed by atoms with Gasteiger partial charge in [0.1, 0.15) is 29.5 Å². The fourth-order valence-electron chi connectivity index (χ4n) is 4.02. The Labute approximate surface area is 179 Å². The molecule has 4 aliphatic rings. The third kappa shape index (κ3) is 5.18. The average Bonchev–Trinajstić information content (AvgIpc) is 2.72. The van der Waals surface area contributed by atoms with Gasteiger partial charge in [0.15, 0.2) is 0 Å². The van der Waals surface area contributed by atoms with Gasteiger partial charge in [0.25, 0.3) is 5.91 Å². The van der Waals surface area contributed by atoms with Crippen LogP contribution in [0.25, 0.3) is 0 Å². The van der Waals surface area contributed by atoms with Crippen molar-refractivity contribution in [3.8, 4) is 0 Å². The highest BCUT2D eigenvalue weighted by Gasteiger charge is 2.35. The van der Waals surface area contributed by atoms with Crippen molar-refractivity contribution in [2.75, 3.05) is 45.7 Å². The molecule has 30 heavy (non-hydrogen) atoms. The van der Waals surface area contributed by atoms with E-state index in [2.05, 4.69) is 9.98 Å². The maximum atomic E-state index is 14.6. The first-order valence-corrected chi connectivity index (χ1v) is 11.5. The van der Waals surface area contributed by atoms with Gasteiger partial charge in [-0.25, -0.2) is 13.8 Å². The molecule has 0 aromatic heterocycles. The first-order valence-electron chi connectivity index (χ1n) is 10.4. The summed E-state index contributed by atoms with van der Waals surface area (Å²) in [6.07, 6.45) is 4.44. The summed E-state index contributed by atoms with van der Waals surface area (Å²) in [6.45, 7) is 2.86. The van der Waals surface area contributed by atoms with E-state index in [1.807, 2.05) is 11.9 Å². The molecule has 6 nitrogen and oxygen atoms in total. The summed E-state index contributed by atoms with van der Waals surface area (Å²) in [5.74, 6) is -1.29. The summed E-state index contributed by atoms with van der Waals surface area (Å²) in [6, 6.07) is 0. The van der Waals surface area contributed by atoms with Gasteiger partial charge in [-0.05, 0) is 32.9 Å². The fraction of sp³-hybridized carbons (Fsp3) is 0.667. The molecule has 4 rings (SSSR count). The molecule has 0 aromatic rings. The number of carbonyl (C=O) groups is 1. The first kappa shape index (κ1) is 21.6. The molecule has 0 spiro atoms. The van der Waals surface area contributed by atoms with Crippen molar-refractivity contribution in [2.45, 2.75) is 30.7 Å². The molecule has 0 radical (unpaired) electrons. The zero-order valence-corrected chi connectivity index (χ0v) is 17.9. The number of hydrogen-bond donors (Lipinski definition) is 0. The zero-order chi connectivity index (χ0) is 21.1. The van der Waals surface area contributed by atoms with Crippen LogP contribution in [0.2, 0.25) is 0 Å². The molecule has 3 aliphatic heterocycles. The van der Waals surface area contributed by atoms with Gasteiger partial charge in [-0.15, -0.1) is 0 Å². The predicted octanol–water partition coefficient (Wildman–Crippen LogP) is 2.95. The molecular weight excluding hydrogens is 412 g/mol. The van der Waals surface area contributed by atoms with Crippen molar-refractivity contribution in [3.05, 3.63) is 23.7 Å². The number of amidine groups is 1. The summed E-state index contributed by atoms with van der Waals surface area (Å²) in [4.78, 5) is 22.8. The van der Waals surface area contributed by atoms with Gasteiger partial charge < -0.3 is 14.4 Å². The number of hydrogen-bond acceptors (Lipinski definition) is 6. The third-order valence-electron chi connectivity index (χ3n) is 5.85. The van der Waals surface area contributed by atoms with E-state index in [1.165, 1.54) is 6.08 Å². The van der Waals surface area contributed by atoms with Crippen LogP contribution in [0, 0.1) is 11.8 Å². The number of carbonyl (C=O) groups excluding carboxylic acids is 1. The van der Waals surface area contributed by atoms with Gasteiger partial charge in [0.2, 0.25) is 0 Å². The largest absolute Gasteiger partial charge is 0.493 e. The highest BCUT2D eigenvalue weighted by atomic mass is 32.2. The first-order chi connectivity index (χ1) is 14.5. The highest BCUT2D eigenvalue weighted by molar-refractivity contribution is 8.00. The lowest BCUT2D eigenvalue weighted by Gasteiger charge is -2.32. The van der Waals surface area contributed by atoms with Crippen LogP contribution < -0.4 is 0 Å². The minimum atomic E-state index is -1.09. The van der Waals surface area contributed by atoms with Crippen molar-refractivity contribution < 1.29 is 23.0 Å². The maximum Gasteiger partial charge on any atom is 0.263 e. The number of ether oxygens (including phenoxy) is 2. The molecule has 1 amide bonds. The Bertz CT molecular complexity index is 792. The third-order valence-corrected chi connectivity index (χ3v) is 7.21. The van der Waals surface area contributed by atoms with Gasteiger partial charge in [-0.1, -0.05) is 0 Å². The highest BCUT2D eigenvalue weighted by Crippen LogP contribution is 2.30. The number of amides is 1. The monoisotopic (exact) mass is 439 g/mol. The summed E-state index contributed by atoms with van der Waals surface area (Å²) in [7, 11) is 1.89. The Morgan fingerprint density at radius 3 is 2.83 bits per heavy atom. The average molecular weight is 440 g/mol. The van der Waals surface area contributed by atoms with Crippen LogP contribution in [0.15, 0.2) is 33.7 Å². The lowest BCUT2D eigenvalue weighted by Crippen LogP contribution is -2.41. The van der Waals surface area contributed by atoms with E-state index in [4.69, 9.17) is 9.47 Å². The van der Waals surface area contributed by atoms with E-state index >= 15 is 0 Å². The summed E-state index contributed by atoms with van der Waals surface area (Å²) in [5.41, 5.74) is 0.313. The number of allylic oxidation sites excluding steroid dienone is 2. The van der Waals surface area contributed by atoms with Gasteiger partial charge >= 0.3 is 0 Å². The number of fused-ring (bicyclic) bond motifs is 1. The molecule has 0 N–H and O–H groups in total. The number of rotatable bonds is 6. The van der Waals surface area contributed by atoms with E-state index in [9.17, 15) is 13.6 Å². The van der Waals surface area contributed by atoms with Crippen LogP contribution in [0.3, 0.4) is 0 Å². The maximum absolute atomic E-state index is 14.6. The predicted molar refractivity (Wildman–Crippen MR) is 113 cm³/mol. The van der Waals surface area contributed by atoms with Gasteiger partial charge in [-0.2, -0.15) is 16.8 Å². The van der Waals surface area contributed by atoms with Crippen LogP contribution in [0.4, 0.5) is 8.78 Å². The molecule has 3 heterocycles. The molecule has 1 unspecified atom stereocenters. The normalized spacial score (nSPS) is 30.8. The Hall–Kier alpha value is -1.58. The van der Waals surface area contributed by atoms with Crippen molar-refractivity contribution in [1.82, 2.24) is 4.90 Å². The number of nitrogens with zero attached hydrogens (tertiary/aromatic N) is 3. The second-order valence-corrected chi connectivity index (χ2v) is 9.46. The lowest BCUT2D eigenvalue weighted by molar-refractivity contribution is -0.119. The minimum absolute atomic E-state index is 0.178. The Morgan fingerprint density at radius 2 is 2.07 bits per heavy atom. The SMILES string of the molecule is CN1CC[C@@H](COC2=CC3=NC(CSC4CCOCC4)=NC(=O)C3C(F)=C2)[C@@H](F)C1. The summed E-state index contributed by atoms with van der Waals surface area (Å²) >= 11 is 1.70. The zero-order valence-electron chi connectivity index (χ0n) is 17.1. The Kier molecular flexibility index (Phi) is 7.00. The molecule has 164 valence electrons. The number of thioether (sulfide) groups is 1. The minimum Gasteiger partial charge on any atom is -0.493 e. The van der Waals surface area contributed by atoms with E-state index in [-0.39, 0.29) is 18.3 Å². The fourth-order valence-corrected chi connectivity index (χ4v) is 5.06. The van der Waals surface area contributed by atoms with E-state index in [0.29, 0.717) is 35.5 Å². The van der Waals surface area contributed by atoms with Crippen molar-refractivity contribution in [2.24, 2.45) is 21.8 Å². The molecule has 1 aliphatic carbocycles. The van der Waals surface area contributed by atoms with E-state index in [1.54, 1.807) is 17.8 Å². The topological polar surface area (TPSA) is 63.5 Å². The van der Waals surface area contributed by atoms with Gasteiger partial charge in [0.05, 0.1) is 18.1 Å². The lowest BCUT2D eigenvalue weighted by atomic mass is 9.94. The quantitative estimate of drug-likeness (QED) is 0.637. The summed E-state index contributed by atoms with van der Waals surface area (Å²) in [5, 5.41) is 0.454. The number of piperidine rings is 1. The number of alkyl halides is 1. The molecule has 0 aromatic carbocycles. The molecule has 9 heteroatoms. The summed E-state index contributed by atoms with van der Waals surface area (Å²) < 4.78 is 39.9. The second kappa shape index (κ2) is 9.70. The van der Waals surface area contributed by atoms with Crippen molar-refractivity contribution >= 4 is 29.2 Å². The van der Waals surface area contributed by atoms with Crippen molar-refractivity contribution in [3.63, 3.8) is 0 Å². The molecular formula is C21H27F2N3O3S. The second-order valence-electron chi connectivity index (χ2n) is 8.17. The molecule has 0 bridgehead atoms. The van der Waals surface area contributed by atoms with Crippen LogP contribution >= 0.6 is 11.8 Å². The molecule has 3 atom stereocenters. The van der Waals surface area contributed by atoms with Crippen LogP contribution in [-0.4, -0.2) is 79.5 Å². The molecule has 2 saturated heterocycles. The van der Waals surface area contributed by atoms with Gasteiger partial charge in [-0.3, -0.25) is 4.79 Å². The molecule has 0 saturated carbocycles. The number of halogens is 2. The number of aliphatic imine (C=N–C) groups is 2. The van der Waals surface area contributed by atoms with Crippen molar-refractivity contribution in [1.29, 1.82) is 0 Å². The van der Waals surface area contributed by atoms with E-state index in [0.717, 1.165) is 32.6 Å². The van der Waals surface area contributed by atoms with Gasteiger partial charge in [0, 0.05) is 43.1 Å². The van der Waals surface area contributed by atoms with Crippen LogP contribution in [0.5, 0.6) is 0 Å². The number of likely N-dealkylation sites (tertiary alicyclic amines) is 1. The van der Waals surface area contributed by atoms with Crippen LogP contribution in [-0.2, 0) is 14.3 Å².